The zero-order valence-electron chi connectivity index (χ0n) is 10.2. The number of hydrogen-bond acceptors (Lipinski definition) is 3. The standard InChI is InChI=1S/C13H13BrN2OS/c1-8-3-5-10(6-4-8)18-7-11-15-9(2)12(14)13(17)16-11/h3-6H,7H2,1-2H3,(H,15,16,17). The Bertz CT molecular complexity index is 607. The van der Waals surface area contributed by atoms with E-state index in [0.717, 1.165) is 5.69 Å². The van der Waals surface area contributed by atoms with Gasteiger partial charge in [0.05, 0.1) is 11.4 Å². The Morgan fingerprint density at radius 2 is 1.94 bits per heavy atom. The van der Waals surface area contributed by atoms with Crippen LogP contribution >= 0.6 is 27.7 Å². The van der Waals surface area contributed by atoms with Gasteiger partial charge in [-0.15, -0.1) is 11.8 Å². The van der Waals surface area contributed by atoms with Gasteiger partial charge in [-0.2, -0.15) is 0 Å². The first-order valence-electron chi connectivity index (χ1n) is 5.51. The lowest BCUT2D eigenvalue weighted by molar-refractivity contribution is 0.954. The van der Waals surface area contributed by atoms with Gasteiger partial charge >= 0.3 is 0 Å². The van der Waals surface area contributed by atoms with Gasteiger partial charge in [-0.25, -0.2) is 4.98 Å². The summed E-state index contributed by atoms with van der Waals surface area (Å²) in [6.45, 7) is 3.88. The average Bonchev–Trinajstić information content (AvgIpc) is 2.35. The Morgan fingerprint density at radius 3 is 2.56 bits per heavy atom. The summed E-state index contributed by atoms with van der Waals surface area (Å²) < 4.78 is 0.506. The minimum Gasteiger partial charge on any atom is -0.309 e. The third-order valence-corrected chi connectivity index (χ3v) is 4.43. The molecule has 5 heteroatoms. The number of H-pyrrole nitrogens is 1. The number of benzene rings is 1. The summed E-state index contributed by atoms with van der Waals surface area (Å²) in [5.41, 5.74) is 1.84. The van der Waals surface area contributed by atoms with Gasteiger partial charge < -0.3 is 4.98 Å². The van der Waals surface area contributed by atoms with Crippen molar-refractivity contribution in [1.82, 2.24) is 9.97 Å². The van der Waals surface area contributed by atoms with Crippen LogP contribution in [0, 0.1) is 13.8 Å². The Hall–Kier alpha value is -1.07. The highest BCUT2D eigenvalue weighted by atomic mass is 79.9. The van der Waals surface area contributed by atoms with Crippen molar-refractivity contribution in [3.63, 3.8) is 0 Å². The summed E-state index contributed by atoms with van der Waals surface area (Å²) in [4.78, 5) is 19.8. The van der Waals surface area contributed by atoms with Gasteiger partial charge in [0.1, 0.15) is 10.3 Å². The molecule has 0 aliphatic rings. The number of nitrogens with zero attached hydrogens (tertiary/aromatic N) is 1. The fraction of sp³-hybridized carbons (Fsp3) is 0.231. The SMILES string of the molecule is Cc1ccc(SCc2nc(C)c(Br)c(=O)[nH]2)cc1. The van der Waals surface area contributed by atoms with Crippen molar-refractivity contribution in [3.05, 3.63) is 56.2 Å². The van der Waals surface area contributed by atoms with E-state index in [-0.39, 0.29) is 5.56 Å². The molecule has 1 heterocycles. The number of aryl methyl sites for hydroxylation is 2. The van der Waals surface area contributed by atoms with Gasteiger partial charge in [0.15, 0.2) is 0 Å². The number of nitrogens with one attached hydrogen (secondary N) is 1. The number of rotatable bonds is 3. The predicted octanol–water partition coefficient (Wildman–Crippen LogP) is 3.44. The van der Waals surface area contributed by atoms with Crippen LogP contribution in [0.25, 0.3) is 0 Å². The molecule has 0 aliphatic carbocycles. The van der Waals surface area contributed by atoms with Crippen LogP contribution in [-0.4, -0.2) is 9.97 Å². The lowest BCUT2D eigenvalue weighted by atomic mass is 10.2. The predicted molar refractivity (Wildman–Crippen MR) is 78.0 cm³/mol. The van der Waals surface area contributed by atoms with E-state index in [2.05, 4.69) is 57.1 Å². The maximum Gasteiger partial charge on any atom is 0.265 e. The molecule has 3 nitrogen and oxygen atoms in total. The van der Waals surface area contributed by atoms with E-state index in [1.54, 1.807) is 11.8 Å². The largest absolute Gasteiger partial charge is 0.309 e. The van der Waals surface area contributed by atoms with Crippen molar-refractivity contribution in [2.45, 2.75) is 24.5 Å². The fourth-order valence-corrected chi connectivity index (χ4v) is 2.44. The van der Waals surface area contributed by atoms with Crippen molar-refractivity contribution >= 4 is 27.7 Å². The summed E-state index contributed by atoms with van der Waals surface area (Å²) in [6.07, 6.45) is 0. The molecule has 1 aromatic carbocycles. The van der Waals surface area contributed by atoms with Crippen LogP contribution in [0.5, 0.6) is 0 Å². The van der Waals surface area contributed by atoms with Crippen LogP contribution in [0.4, 0.5) is 0 Å². The second kappa shape index (κ2) is 5.71. The van der Waals surface area contributed by atoms with Crippen LogP contribution in [0.3, 0.4) is 0 Å². The van der Waals surface area contributed by atoms with Crippen molar-refractivity contribution in [1.29, 1.82) is 0 Å². The lowest BCUT2D eigenvalue weighted by Crippen LogP contribution is -2.13. The zero-order chi connectivity index (χ0) is 13.1. The van der Waals surface area contributed by atoms with E-state index in [4.69, 9.17) is 0 Å². The van der Waals surface area contributed by atoms with Crippen LogP contribution in [-0.2, 0) is 5.75 Å². The molecule has 0 aliphatic heterocycles. The van der Waals surface area contributed by atoms with Gasteiger partial charge in [0.25, 0.3) is 5.56 Å². The molecule has 0 atom stereocenters. The van der Waals surface area contributed by atoms with E-state index in [1.165, 1.54) is 10.5 Å². The first-order valence-corrected chi connectivity index (χ1v) is 7.29. The molecule has 0 fully saturated rings. The number of thioether (sulfide) groups is 1. The maximum atomic E-state index is 11.6. The van der Waals surface area contributed by atoms with Gasteiger partial charge in [0.2, 0.25) is 0 Å². The van der Waals surface area contributed by atoms with Crippen molar-refractivity contribution < 1.29 is 0 Å². The number of aromatic amines is 1. The topological polar surface area (TPSA) is 45.8 Å². The molecule has 18 heavy (non-hydrogen) atoms. The van der Waals surface area contributed by atoms with Crippen molar-refractivity contribution in [2.75, 3.05) is 0 Å². The second-order valence-corrected chi connectivity index (χ2v) is 5.86. The molecule has 94 valence electrons. The summed E-state index contributed by atoms with van der Waals surface area (Å²) in [7, 11) is 0. The highest BCUT2D eigenvalue weighted by Crippen LogP contribution is 2.21. The Labute approximate surface area is 118 Å². The highest BCUT2D eigenvalue weighted by Gasteiger charge is 2.05. The van der Waals surface area contributed by atoms with Crippen LogP contribution in [0.2, 0.25) is 0 Å². The number of aromatic nitrogens is 2. The van der Waals surface area contributed by atoms with E-state index < -0.39 is 0 Å². The van der Waals surface area contributed by atoms with Gasteiger partial charge in [-0.05, 0) is 41.9 Å². The maximum absolute atomic E-state index is 11.6. The first kappa shape index (κ1) is 13.4. The summed E-state index contributed by atoms with van der Waals surface area (Å²) in [6, 6.07) is 8.30. The van der Waals surface area contributed by atoms with Crippen molar-refractivity contribution in [2.24, 2.45) is 0 Å². The Balaban J connectivity index is 2.11. The smallest absolute Gasteiger partial charge is 0.265 e. The molecule has 0 saturated carbocycles. The van der Waals surface area contributed by atoms with E-state index in [0.29, 0.717) is 16.0 Å². The third-order valence-electron chi connectivity index (χ3n) is 2.47. The Morgan fingerprint density at radius 1 is 1.28 bits per heavy atom. The minimum absolute atomic E-state index is 0.123. The van der Waals surface area contributed by atoms with Gasteiger partial charge in [-0.1, -0.05) is 17.7 Å². The van der Waals surface area contributed by atoms with E-state index in [1.807, 2.05) is 6.92 Å². The second-order valence-electron chi connectivity index (χ2n) is 4.01. The van der Waals surface area contributed by atoms with Crippen LogP contribution < -0.4 is 5.56 Å². The Kier molecular flexibility index (Phi) is 4.24. The molecule has 0 saturated heterocycles. The fourth-order valence-electron chi connectivity index (χ4n) is 1.48. The number of halogens is 1. The molecule has 0 amide bonds. The zero-order valence-corrected chi connectivity index (χ0v) is 12.6. The molecule has 1 N–H and O–H groups in total. The lowest BCUT2D eigenvalue weighted by Gasteiger charge is -2.04. The van der Waals surface area contributed by atoms with Crippen molar-refractivity contribution in [3.8, 4) is 0 Å². The van der Waals surface area contributed by atoms with Crippen LogP contribution in [0.1, 0.15) is 17.1 Å². The molecule has 0 unspecified atom stereocenters. The van der Waals surface area contributed by atoms with E-state index >= 15 is 0 Å². The normalized spacial score (nSPS) is 10.6. The average molecular weight is 325 g/mol. The van der Waals surface area contributed by atoms with Gasteiger partial charge in [0, 0.05) is 4.90 Å². The third kappa shape index (κ3) is 3.23. The first-order chi connectivity index (χ1) is 8.56. The molecule has 0 bridgehead atoms. The molecule has 2 rings (SSSR count). The van der Waals surface area contributed by atoms with Crippen LogP contribution in [0.15, 0.2) is 38.4 Å². The molecule has 1 aromatic heterocycles. The van der Waals surface area contributed by atoms with E-state index in [9.17, 15) is 4.79 Å². The monoisotopic (exact) mass is 324 g/mol. The molecular formula is C13H13BrN2OS. The summed E-state index contributed by atoms with van der Waals surface area (Å²) in [5.74, 6) is 1.36. The summed E-state index contributed by atoms with van der Waals surface area (Å²) in [5, 5.41) is 0. The molecule has 0 spiro atoms. The molecular weight excluding hydrogens is 312 g/mol. The quantitative estimate of drug-likeness (QED) is 0.879. The summed E-state index contributed by atoms with van der Waals surface area (Å²) >= 11 is 4.86. The molecule has 2 aromatic rings. The molecule has 0 radical (unpaired) electrons. The highest BCUT2D eigenvalue weighted by molar-refractivity contribution is 9.10. The minimum atomic E-state index is -0.123. The number of hydrogen-bond donors (Lipinski definition) is 1. The van der Waals surface area contributed by atoms with Gasteiger partial charge in [-0.3, -0.25) is 4.79 Å².